The minimum absolute atomic E-state index is 0.0404. The van der Waals surface area contributed by atoms with Crippen molar-refractivity contribution >= 4 is 0 Å². The summed E-state index contributed by atoms with van der Waals surface area (Å²) in [6, 6.07) is 7.28. The average molecular weight is 279 g/mol. The summed E-state index contributed by atoms with van der Waals surface area (Å²) in [6.07, 6.45) is 2.22. The molecule has 1 aliphatic rings. The van der Waals surface area contributed by atoms with E-state index in [2.05, 4.69) is 26.1 Å². The molecule has 0 bridgehead atoms. The lowest BCUT2D eigenvalue weighted by Crippen LogP contribution is -2.50. The first kappa shape index (κ1) is 15.5. The van der Waals surface area contributed by atoms with Crippen molar-refractivity contribution in [1.82, 2.24) is 5.32 Å². The van der Waals surface area contributed by atoms with Gasteiger partial charge in [0.15, 0.2) is 0 Å². The van der Waals surface area contributed by atoms with Gasteiger partial charge in [0.1, 0.15) is 5.82 Å². The van der Waals surface area contributed by atoms with E-state index in [1.807, 2.05) is 12.1 Å². The third-order valence-corrected chi connectivity index (χ3v) is 4.42. The lowest BCUT2D eigenvalue weighted by molar-refractivity contribution is 0.161. The third kappa shape index (κ3) is 3.39. The van der Waals surface area contributed by atoms with Crippen LogP contribution in [0.1, 0.15) is 39.2 Å². The van der Waals surface area contributed by atoms with Crippen LogP contribution in [0, 0.1) is 11.7 Å². The molecule has 0 saturated carbocycles. The Morgan fingerprint density at radius 1 is 1.35 bits per heavy atom. The van der Waals surface area contributed by atoms with Crippen LogP contribution in [0.25, 0.3) is 0 Å². The number of rotatable bonds is 6. The van der Waals surface area contributed by atoms with Crippen LogP contribution in [0.3, 0.4) is 0 Å². The van der Waals surface area contributed by atoms with Gasteiger partial charge in [-0.1, -0.05) is 32.9 Å². The summed E-state index contributed by atoms with van der Waals surface area (Å²) < 4.78 is 18.7. The summed E-state index contributed by atoms with van der Waals surface area (Å²) in [4.78, 5) is 0. The maximum atomic E-state index is 13.1. The van der Waals surface area contributed by atoms with E-state index in [-0.39, 0.29) is 11.2 Å². The monoisotopic (exact) mass is 279 g/mol. The molecule has 0 spiro atoms. The van der Waals surface area contributed by atoms with E-state index < -0.39 is 0 Å². The Kier molecular flexibility index (Phi) is 5.17. The van der Waals surface area contributed by atoms with Crippen molar-refractivity contribution in [3.05, 3.63) is 35.6 Å². The molecular formula is C17H26FNO. The normalized spacial score (nSPS) is 21.1. The van der Waals surface area contributed by atoms with Gasteiger partial charge in [-0.2, -0.15) is 0 Å². The fraction of sp³-hybridized carbons (Fsp3) is 0.647. The summed E-state index contributed by atoms with van der Waals surface area (Å²) in [7, 11) is 0. The SMILES string of the molecule is CCCNC(C1CCOC1)C(C)(C)c1ccc(F)cc1. The zero-order valence-electron chi connectivity index (χ0n) is 12.8. The van der Waals surface area contributed by atoms with E-state index in [9.17, 15) is 4.39 Å². The van der Waals surface area contributed by atoms with Crippen LogP contribution in [-0.4, -0.2) is 25.8 Å². The zero-order valence-corrected chi connectivity index (χ0v) is 12.8. The summed E-state index contributed by atoms with van der Waals surface area (Å²) in [5.74, 6) is 0.355. The van der Waals surface area contributed by atoms with Crippen molar-refractivity contribution < 1.29 is 9.13 Å². The van der Waals surface area contributed by atoms with E-state index >= 15 is 0 Å². The van der Waals surface area contributed by atoms with E-state index in [4.69, 9.17) is 4.74 Å². The maximum Gasteiger partial charge on any atom is 0.123 e. The molecule has 2 nitrogen and oxygen atoms in total. The quantitative estimate of drug-likeness (QED) is 0.860. The van der Waals surface area contributed by atoms with Crippen molar-refractivity contribution in [3.63, 3.8) is 0 Å². The van der Waals surface area contributed by atoms with E-state index in [1.165, 1.54) is 5.56 Å². The number of hydrogen-bond donors (Lipinski definition) is 1. The maximum absolute atomic E-state index is 13.1. The Balaban J connectivity index is 2.22. The Bertz CT molecular complexity index is 410. The molecule has 112 valence electrons. The van der Waals surface area contributed by atoms with Gasteiger partial charge in [-0.05, 0) is 37.1 Å². The molecule has 2 atom stereocenters. The van der Waals surface area contributed by atoms with Crippen LogP contribution in [0.15, 0.2) is 24.3 Å². The van der Waals surface area contributed by atoms with Gasteiger partial charge < -0.3 is 10.1 Å². The fourth-order valence-corrected chi connectivity index (χ4v) is 3.19. The fourth-order valence-electron chi connectivity index (χ4n) is 3.19. The molecule has 1 fully saturated rings. The summed E-state index contributed by atoms with van der Waals surface area (Å²) in [5, 5.41) is 3.69. The Labute approximate surface area is 121 Å². The van der Waals surface area contributed by atoms with Crippen LogP contribution >= 0.6 is 0 Å². The first-order chi connectivity index (χ1) is 9.55. The summed E-state index contributed by atoms with van der Waals surface area (Å²) in [5.41, 5.74) is 1.14. The van der Waals surface area contributed by atoms with Gasteiger partial charge in [0.05, 0.1) is 6.61 Å². The molecule has 2 rings (SSSR count). The average Bonchev–Trinajstić information content (AvgIpc) is 2.93. The second-order valence-corrected chi connectivity index (χ2v) is 6.28. The minimum atomic E-state index is -0.174. The third-order valence-electron chi connectivity index (χ3n) is 4.42. The number of nitrogens with one attached hydrogen (secondary N) is 1. The molecule has 3 heteroatoms. The van der Waals surface area contributed by atoms with Gasteiger partial charge in [0, 0.05) is 24.0 Å². The largest absolute Gasteiger partial charge is 0.381 e. The Hall–Kier alpha value is -0.930. The molecule has 0 amide bonds. The molecule has 1 saturated heterocycles. The summed E-state index contributed by atoms with van der Waals surface area (Å²) in [6.45, 7) is 9.35. The topological polar surface area (TPSA) is 21.3 Å². The van der Waals surface area contributed by atoms with Gasteiger partial charge >= 0.3 is 0 Å². The van der Waals surface area contributed by atoms with Crippen molar-refractivity contribution in [2.45, 2.75) is 45.1 Å². The molecule has 1 aliphatic heterocycles. The highest BCUT2D eigenvalue weighted by Gasteiger charge is 2.38. The number of benzene rings is 1. The predicted molar refractivity (Wildman–Crippen MR) is 80.4 cm³/mol. The first-order valence-electron chi connectivity index (χ1n) is 7.63. The van der Waals surface area contributed by atoms with Crippen molar-refractivity contribution in [2.75, 3.05) is 19.8 Å². The van der Waals surface area contributed by atoms with E-state index in [0.29, 0.717) is 12.0 Å². The highest BCUT2D eigenvalue weighted by Crippen LogP contribution is 2.34. The lowest BCUT2D eigenvalue weighted by Gasteiger charge is -2.39. The first-order valence-corrected chi connectivity index (χ1v) is 7.63. The summed E-state index contributed by atoms with van der Waals surface area (Å²) >= 11 is 0. The van der Waals surface area contributed by atoms with Gasteiger partial charge in [-0.3, -0.25) is 0 Å². The van der Waals surface area contributed by atoms with Crippen LogP contribution in [0.4, 0.5) is 4.39 Å². The molecule has 1 N–H and O–H groups in total. The minimum Gasteiger partial charge on any atom is -0.381 e. The number of hydrogen-bond acceptors (Lipinski definition) is 2. The number of halogens is 1. The second kappa shape index (κ2) is 6.68. The lowest BCUT2D eigenvalue weighted by atomic mass is 9.72. The molecule has 1 heterocycles. The molecule has 0 aliphatic carbocycles. The molecular weight excluding hydrogens is 253 g/mol. The zero-order chi connectivity index (χ0) is 14.6. The van der Waals surface area contributed by atoms with Gasteiger partial charge in [-0.25, -0.2) is 4.39 Å². The highest BCUT2D eigenvalue weighted by atomic mass is 19.1. The molecule has 0 radical (unpaired) electrons. The molecule has 1 aromatic carbocycles. The molecule has 0 aromatic heterocycles. The Morgan fingerprint density at radius 2 is 2.05 bits per heavy atom. The van der Waals surface area contributed by atoms with Crippen molar-refractivity contribution in [2.24, 2.45) is 5.92 Å². The molecule has 2 unspecified atom stereocenters. The van der Waals surface area contributed by atoms with Gasteiger partial charge in [0.25, 0.3) is 0 Å². The van der Waals surface area contributed by atoms with Gasteiger partial charge in [0.2, 0.25) is 0 Å². The van der Waals surface area contributed by atoms with Crippen LogP contribution in [-0.2, 0) is 10.2 Å². The van der Waals surface area contributed by atoms with Crippen molar-refractivity contribution in [3.8, 4) is 0 Å². The van der Waals surface area contributed by atoms with Crippen LogP contribution < -0.4 is 5.32 Å². The number of ether oxygens (including phenoxy) is 1. The molecule has 1 aromatic rings. The second-order valence-electron chi connectivity index (χ2n) is 6.28. The van der Waals surface area contributed by atoms with Crippen LogP contribution in [0.5, 0.6) is 0 Å². The Morgan fingerprint density at radius 3 is 2.60 bits per heavy atom. The smallest absolute Gasteiger partial charge is 0.123 e. The van der Waals surface area contributed by atoms with Crippen molar-refractivity contribution in [1.29, 1.82) is 0 Å². The van der Waals surface area contributed by atoms with Gasteiger partial charge in [-0.15, -0.1) is 0 Å². The van der Waals surface area contributed by atoms with E-state index in [0.717, 1.165) is 32.6 Å². The van der Waals surface area contributed by atoms with Crippen LogP contribution in [0.2, 0.25) is 0 Å². The standard InChI is InChI=1S/C17H26FNO/c1-4-10-19-16(13-9-11-20-12-13)17(2,3)14-5-7-15(18)8-6-14/h5-8,13,16,19H,4,9-12H2,1-3H3. The molecule has 20 heavy (non-hydrogen) atoms. The van der Waals surface area contributed by atoms with E-state index in [1.54, 1.807) is 12.1 Å². The predicted octanol–water partition coefficient (Wildman–Crippen LogP) is 3.51. The highest BCUT2D eigenvalue weighted by molar-refractivity contribution is 5.27.